The number of nitriles is 1. The van der Waals surface area contributed by atoms with Crippen molar-refractivity contribution in [3.05, 3.63) is 55.8 Å². The number of carbonyl (C=O) groups excluding carboxylic acids is 1. The molecule has 1 amide bonds. The van der Waals surface area contributed by atoms with Crippen molar-refractivity contribution >= 4 is 17.5 Å². The summed E-state index contributed by atoms with van der Waals surface area (Å²) in [6.07, 6.45) is 5.89. The van der Waals surface area contributed by atoms with Crippen molar-refractivity contribution < 1.29 is 9.90 Å². The van der Waals surface area contributed by atoms with Crippen LogP contribution in [0.2, 0.25) is 5.02 Å². The van der Waals surface area contributed by atoms with Crippen molar-refractivity contribution in [1.82, 2.24) is 19.7 Å². The molecule has 3 rings (SSSR count). The zero-order valence-corrected chi connectivity index (χ0v) is 17.0. The lowest BCUT2D eigenvalue weighted by Crippen LogP contribution is -2.41. The number of aromatic nitrogens is 3. The molecule has 1 aromatic carbocycles. The quantitative estimate of drug-likeness (QED) is 0.546. The molecule has 0 bridgehead atoms. The van der Waals surface area contributed by atoms with Crippen LogP contribution in [-0.4, -0.2) is 31.6 Å². The number of benzene rings is 1. The van der Waals surface area contributed by atoms with E-state index in [4.69, 9.17) is 16.9 Å². The van der Waals surface area contributed by atoms with Gasteiger partial charge in [0.05, 0.1) is 22.3 Å². The van der Waals surface area contributed by atoms with Crippen molar-refractivity contribution in [1.29, 1.82) is 5.26 Å². The maximum Gasteiger partial charge on any atom is 0.353 e. The highest BCUT2D eigenvalue weighted by molar-refractivity contribution is 6.33. The van der Waals surface area contributed by atoms with Crippen LogP contribution in [0.1, 0.15) is 48.9 Å². The summed E-state index contributed by atoms with van der Waals surface area (Å²) in [6, 6.07) is 6.00. The monoisotopic (exact) mass is 431 g/mol. The van der Waals surface area contributed by atoms with Gasteiger partial charge in [0.2, 0.25) is 0 Å². The third-order valence-electron chi connectivity index (χ3n) is 5.26. The molecule has 1 unspecified atom stereocenters. The molecule has 1 aliphatic carbocycles. The highest BCUT2D eigenvalue weighted by Gasteiger charge is 2.24. The van der Waals surface area contributed by atoms with E-state index in [0.717, 1.165) is 54.0 Å². The molecule has 0 saturated heterocycles. The number of carbonyl (C=O) groups is 1. The van der Waals surface area contributed by atoms with Gasteiger partial charge in [-0.25, -0.2) is 9.36 Å². The number of amides is 1. The molecule has 1 saturated carbocycles. The summed E-state index contributed by atoms with van der Waals surface area (Å²) in [6.45, 7) is -0.422. The Labute approximate surface area is 177 Å². The van der Waals surface area contributed by atoms with E-state index in [2.05, 4.69) is 10.4 Å². The average Bonchev–Trinajstić information content (AvgIpc) is 3.01. The van der Waals surface area contributed by atoms with Gasteiger partial charge in [-0.15, -0.1) is 0 Å². The van der Waals surface area contributed by atoms with Crippen LogP contribution >= 0.6 is 11.6 Å². The van der Waals surface area contributed by atoms with Crippen molar-refractivity contribution in [3.63, 3.8) is 0 Å². The maximum atomic E-state index is 12.7. The van der Waals surface area contributed by atoms with E-state index >= 15 is 0 Å². The smallest absolute Gasteiger partial charge is 0.353 e. The molecular formula is C20H22ClN5O4. The number of hydrogen-bond donors (Lipinski definition) is 2. The number of nitrogens with one attached hydrogen (secondary N) is 1. The van der Waals surface area contributed by atoms with Crippen LogP contribution in [0.4, 0.5) is 0 Å². The maximum absolute atomic E-state index is 12.7. The first kappa shape index (κ1) is 21.7. The summed E-state index contributed by atoms with van der Waals surface area (Å²) in [5.74, 6) is -0.589. The molecule has 30 heavy (non-hydrogen) atoms. The number of aliphatic hydroxyl groups is 1. The van der Waals surface area contributed by atoms with Crippen LogP contribution in [0.5, 0.6) is 0 Å². The predicted octanol–water partition coefficient (Wildman–Crippen LogP) is 1.59. The Hall–Kier alpha value is -2.96. The van der Waals surface area contributed by atoms with E-state index in [1.54, 1.807) is 6.07 Å². The number of nitrogens with zero attached hydrogens (tertiary/aromatic N) is 4. The second-order valence-corrected chi connectivity index (χ2v) is 7.66. The molecule has 9 nitrogen and oxygen atoms in total. The molecule has 1 aromatic heterocycles. The summed E-state index contributed by atoms with van der Waals surface area (Å²) < 4.78 is 1.64. The first-order valence-electron chi connectivity index (χ1n) is 9.77. The van der Waals surface area contributed by atoms with Crippen LogP contribution in [0.15, 0.2) is 34.0 Å². The van der Waals surface area contributed by atoms with Gasteiger partial charge in [-0.05, 0) is 31.0 Å². The first-order valence-corrected chi connectivity index (χ1v) is 10.1. The van der Waals surface area contributed by atoms with Crippen molar-refractivity contribution in [2.75, 3.05) is 0 Å². The van der Waals surface area contributed by atoms with Crippen LogP contribution < -0.4 is 16.6 Å². The summed E-state index contributed by atoms with van der Waals surface area (Å²) in [4.78, 5) is 37.0. The fourth-order valence-electron chi connectivity index (χ4n) is 3.60. The lowest BCUT2D eigenvalue weighted by atomic mass is 9.98. The zero-order chi connectivity index (χ0) is 21.7. The van der Waals surface area contributed by atoms with Crippen LogP contribution in [0.25, 0.3) is 5.69 Å². The van der Waals surface area contributed by atoms with E-state index in [0.29, 0.717) is 0 Å². The van der Waals surface area contributed by atoms with Gasteiger partial charge < -0.3 is 10.4 Å². The highest BCUT2D eigenvalue weighted by atomic mass is 35.5. The van der Waals surface area contributed by atoms with Gasteiger partial charge in [0.1, 0.15) is 19.0 Å². The van der Waals surface area contributed by atoms with Crippen molar-refractivity contribution in [3.8, 4) is 11.8 Å². The Kier molecular flexibility index (Phi) is 7.03. The van der Waals surface area contributed by atoms with E-state index in [-0.39, 0.29) is 22.2 Å². The third kappa shape index (κ3) is 4.78. The second-order valence-electron chi connectivity index (χ2n) is 7.26. The molecule has 1 atom stereocenters. The van der Waals surface area contributed by atoms with Crippen molar-refractivity contribution in [2.24, 2.45) is 5.92 Å². The van der Waals surface area contributed by atoms with Crippen LogP contribution in [0.3, 0.4) is 0 Å². The van der Waals surface area contributed by atoms with Gasteiger partial charge in [0.15, 0.2) is 0 Å². The van der Waals surface area contributed by atoms with Gasteiger partial charge in [0, 0.05) is 5.92 Å². The van der Waals surface area contributed by atoms with Gasteiger partial charge in [-0.1, -0.05) is 37.3 Å². The molecule has 10 heteroatoms. The normalized spacial score (nSPS) is 15.8. The summed E-state index contributed by atoms with van der Waals surface area (Å²) in [5.41, 5.74) is -1.24. The molecule has 1 aliphatic rings. The van der Waals surface area contributed by atoms with Gasteiger partial charge in [-0.3, -0.25) is 9.59 Å². The van der Waals surface area contributed by atoms with E-state index in [9.17, 15) is 19.5 Å². The molecule has 0 radical (unpaired) electrons. The van der Waals surface area contributed by atoms with Gasteiger partial charge >= 0.3 is 5.69 Å². The van der Waals surface area contributed by atoms with Gasteiger partial charge in [-0.2, -0.15) is 15.0 Å². The zero-order valence-electron chi connectivity index (χ0n) is 16.3. The molecule has 1 heterocycles. The minimum absolute atomic E-state index is 0.0165. The number of halogens is 1. The molecule has 0 spiro atoms. The van der Waals surface area contributed by atoms with Crippen LogP contribution in [0, 0.1) is 17.2 Å². The van der Waals surface area contributed by atoms with Crippen molar-refractivity contribution in [2.45, 2.75) is 51.3 Å². The van der Waals surface area contributed by atoms with E-state index < -0.39 is 29.9 Å². The topological polar surface area (TPSA) is 130 Å². The Morgan fingerprint density at radius 3 is 2.67 bits per heavy atom. The Morgan fingerprint density at radius 2 is 2.00 bits per heavy atom. The number of hydrogen-bond acceptors (Lipinski definition) is 6. The fourth-order valence-corrected chi connectivity index (χ4v) is 3.81. The lowest BCUT2D eigenvalue weighted by Gasteiger charge is -2.22. The Balaban J connectivity index is 1.88. The minimum Gasteiger partial charge on any atom is -0.373 e. The first-order chi connectivity index (χ1) is 14.4. The number of aliphatic hydroxyl groups excluding tert-OH is 1. The largest absolute Gasteiger partial charge is 0.373 e. The molecule has 0 aliphatic heterocycles. The molecule has 158 valence electrons. The molecule has 2 aromatic rings. The minimum atomic E-state index is -0.992. The fraction of sp³-hybridized carbons (Fsp3) is 0.450. The Bertz CT molecular complexity index is 1080. The second kappa shape index (κ2) is 9.69. The summed E-state index contributed by atoms with van der Waals surface area (Å²) >= 11 is 6.17. The standard InChI is InChI=1S/C20H22ClN5O4/c21-16-8-7-14(26-20(30)25(10-9-22)17(27)12-23-26)11-15(16)19(29)24-18(28)13-5-3-1-2-4-6-13/h7-8,11-13,18,28H,1-6,10H2,(H,24,29). The molecule has 1 fully saturated rings. The number of rotatable bonds is 5. The Morgan fingerprint density at radius 1 is 1.30 bits per heavy atom. The SMILES string of the molecule is N#CCn1c(=O)cnn(-c2ccc(Cl)c(C(=O)NC(O)C3CCCCCC3)c2)c1=O. The molecule has 2 N–H and O–H groups in total. The summed E-state index contributed by atoms with van der Waals surface area (Å²) in [5, 5.41) is 25.8. The van der Waals surface area contributed by atoms with E-state index in [1.165, 1.54) is 18.2 Å². The lowest BCUT2D eigenvalue weighted by molar-refractivity contribution is 0.0532. The predicted molar refractivity (Wildman–Crippen MR) is 109 cm³/mol. The van der Waals surface area contributed by atoms with Gasteiger partial charge in [0.25, 0.3) is 11.5 Å². The highest BCUT2D eigenvalue weighted by Crippen LogP contribution is 2.25. The molecular weight excluding hydrogens is 410 g/mol. The summed E-state index contributed by atoms with van der Waals surface area (Å²) in [7, 11) is 0. The third-order valence-corrected chi connectivity index (χ3v) is 5.58. The van der Waals surface area contributed by atoms with E-state index in [1.807, 2.05) is 0 Å². The van der Waals surface area contributed by atoms with Crippen LogP contribution in [-0.2, 0) is 6.54 Å². The average molecular weight is 432 g/mol.